The molecule has 0 saturated heterocycles. The van der Waals surface area contributed by atoms with Crippen LogP contribution >= 0.6 is 0 Å². The Labute approximate surface area is 131 Å². The molecule has 0 amide bonds. The van der Waals surface area contributed by atoms with Gasteiger partial charge < -0.3 is 10.2 Å². The van der Waals surface area contributed by atoms with Gasteiger partial charge in [-0.05, 0) is 61.7 Å². The summed E-state index contributed by atoms with van der Waals surface area (Å²) < 4.78 is 0. The van der Waals surface area contributed by atoms with Crippen LogP contribution in [0.3, 0.4) is 0 Å². The average molecular weight is 296 g/mol. The Balaban J connectivity index is 0.000000211. The topological polar surface area (TPSA) is 40.5 Å². The Morgan fingerprint density at radius 3 is 2.24 bits per heavy atom. The Morgan fingerprint density at radius 1 is 1.19 bits per heavy atom. The molecule has 21 heavy (non-hydrogen) atoms. The third-order valence-electron chi connectivity index (χ3n) is 5.17. The first-order chi connectivity index (χ1) is 9.64. The molecule has 2 rings (SSSR count). The molecule has 5 atom stereocenters. The fourth-order valence-corrected chi connectivity index (χ4v) is 4.46. The standard InChI is InChI=1S/C10H18O.C9H18O/c1-7-4-8(2)10(6-11)9(3)5-7;1-7-4-8(10)6-9(2,3)5-7/h4,8-11H,5-6H2,1-3H3;7-8,10H,4-6H2,1-3H3. The zero-order chi connectivity index (χ0) is 16.2. The van der Waals surface area contributed by atoms with Crippen LogP contribution in [0, 0.1) is 29.1 Å². The lowest BCUT2D eigenvalue weighted by Crippen LogP contribution is -2.30. The van der Waals surface area contributed by atoms with E-state index in [2.05, 4.69) is 47.6 Å². The molecule has 2 aliphatic rings. The second kappa shape index (κ2) is 7.78. The van der Waals surface area contributed by atoms with Crippen molar-refractivity contribution in [3.8, 4) is 0 Å². The van der Waals surface area contributed by atoms with Crippen LogP contribution in [0.2, 0.25) is 0 Å². The van der Waals surface area contributed by atoms with Crippen molar-refractivity contribution < 1.29 is 10.2 Å². The molecule has 2 heteroatoms. The highest BCUT2D eigenvalue weighted by Crippen LogP contribution is 2.38. The van der Waals surface area contributed by atoms with E-state index in [1.807, 2.05) is 0 Å². The van der Waals surface area contributed by atoms with E-state index in [4.69, 9.17) is 5.11 Å². The fourth-order valence-electron chi connectivity index (χ4n) is 4.46. The highest BCUT2D eigenvalue weighted by molar-refractivity contribution is 5.07. The van der Waals surface area contributed by atoms with Crippen molar-refractivity contribution in [2.24, 2.45) is 29.1 Å². The van der Waals surface area contributed by atoms with Gasteiger partial charge in [0.2, 0.25) is 0 Å². The Hall–Kier alpha value is -0.340. The fraction of sp³-hybridized carbons (Fsp3) is 0.895. The Kier molecular flexibility index (Phi) is 6.93. The molecule has 124 valence electrons. The Bertz CT molecular complexity index is 333. The van der Waals surface area contributed by atoms with Crippen LogP contribution in [0.5, 0.6) is 0 Å². The molecule has 2 aliphatic carbocycles. The second-order valence-electron chi connectivity index (χ2n) is 8.47. The van der Waals surface area contributed by atoms with Gasteiger partial charge in [0.25, 0.3) is 0 Å². The molecule has 0 bridgehead atoms. The lowest BCUT2D eigenvalue weighted by molar-refractivity contribution is 0.0394. The molecule has 0 aromatic heterocycles. The van der Waals surface area contributed by atoms with Crippen LogP contribution in [0.4, 0.5) is 0 Å². The third kappa shape index (κ3) is 6.12. The minimum atomic E-state index is -0.0428. The molecule has 0 radical (unpaired) electrons. The van der Waals surface area contributed by atoms with E-state index in [9.17, 15) is 5.11 Å². The highest BCUT2D eigenvalue weighted by atomic mass is 16.3. The van der Waals surface area contributed by atoms with Gasteiger partial charge in [0.1, 0.15) is 0 Å². The molecule has 0 aromatic rings. The van der Waals surface area contributed by atoms with Gasteiger partial charge in [0.15, 0.2) is 0 Å². The molecule has 1 fully saturated rings. The number of rotatable bonds is 1. The van der Waals surface area contributed by atoms with E-state index in [0.29, 0.717) is 35.7 Å². The van der Waals surface area contributed by atoms with Gasteiger partial charge in [-0.1, -0.05) is 46.3 Å². The van der Waals surface area contributed by atoms with Crippen LogP contribution in [0.15, 0.2) is 11.6 Å². The SMILES string of the molecule is CC1=CC(C)C(CO)C(C)C1.CC1CC(O)CC(C)(C)C1. The lowest BCUT2D eigenvalue weighted by Gasteiger charge is -2.36. The highest BCUT2D eigenvalue weighted by Gasteiger charge is 2.30. The van der Waals surface area contributed by atoms with Gasteiger partial charge in [0.05, 0.1) is 6.10 Å². The maximum Gasteiger partial charge on any atom is 0.0547 e. The first kappa shape index (κ1) is 18.7. The van der Waals surface area contributed by atoms with Crippen molar-refractivity contribution >= 4 is 0 Å². The molecular weight excluding hydrogens is 260 g/mol. The van der Waals surface area contributed by atoms with Crippen LogP contribution in [0.25, 0.3) is 0 Å². The normalized spacial score (nSPS) is 39.0. The third-order valence-corrected chi connectivity index (χ3v) is 5.17. The number of allylic oxidation sites excluding steroid dienone is 2. The van der Waals surface area contributed by atoms with Crippen LogP contribution in [-0.2, 0) is 0 Å². The van der Waals surface area contributed by atoms with Gasteiger partial charge in [0, 0.05) is 6.61 Å². The Morgan fingerprint density at radius 2 is 1.81 bits per heavy atom. The molecule has 0 heterocycles. The molecule has 1 saturated carbocycles. The van der Waals surface area contributed by atoms with E-state index in [0.717, 1.165) is 19.3 Å². The monoisotopic (exact) mass is 296 g/mol. The van der Waals surface area contributed by atoms with Crippen molar-refractivity contribution in [1.82, 2.24) is 0 Å². The predicted octanol–water partition coefficient (Wildman–Crippen LogP) is 4.41. The summed E-state index contributed by atoms with van der Waals surface area (Å²) in [5.74, 6) is 2.40. The first-order valence-corrected chi connectivity index (χ1v) is 8.61. The number of hydrogen-bond acceptors (Lipinski definition) is 2. The zero-order valence-corrected chi connectivity index (χ0v) is 14.9. The van der Waals surface area contributed by atoms with E-state index in [1.54, 1.807) is 0 Å². The summed E-state index contributed by atoms with van der Waals surface area (Å²) >= 11 is 0. The summed E-state index contributed by atoms with van der Waals surface area (Å²) in [5, 5.41) is 18.5. The van der Waals surface area contributed by atoms with Gasteiger partial charge >= 0.3 is 0 Å². The average Bonchev–Trinajstić information content (AvgIpc) is 2.24. The molecule has 2 nitrogen and oxygen atoms in total. The minimum absolute atomic E-state index is 0.0428. The molecule has 5 unspecified atom stereocenters. The number of aliphatic hydroxyl groups excluding tert-OH is 2. The van der Waals surface area contributed by atoms with Gasteiger partial charge in [-0.25, -0.2) is 0 Å². The summed E-state index contributed by atoms with van der Waals surface area (Å²) in [5.41, 5.74) is 1.85. The largest absolute Gasteiger partial charge is 0.396 e. The van der Waals surface area contributed by atoms with Crippen molar-refractivity contribution in [2.45, 2.75) is 73.3 Å². The summed E-state index contributed by atoms with van der Waals surface area (Å²) in [7, 11) is 0. The van der Waals surface area contributed by atoms with E-state index in [-0.39, 0.29) is 6.10 Å². The molecule has 0 aromatic carbocycles. The van der Waals surface area contributed by atoms with Crippen LogP contribution in [0.1, 0.15) is 67.2 Å². The van der Waals surface area contributed by atoms with Crippen molar-refractivity contribution in [3.05, 3.63) is 11.6 Å². The van der Waals surface area contributed by atoms with E-state index in [1.165, 1.54) is 12.0 Å². The summed E-state index contributed by atoms with van der Waals surface area (Å²) in [4.78, 5) is 0. The maximum atomic E-state index is 9.42. The van der Waals surface area contributed by atoms with Gasteiger partial charge in [-0.15, -0.1) is 0 Å². The molecule has 0 spiro atoms. The molecule has 0 aliphatic heterocycles. The maximum absolute atomic E-state index is 9.42. The van der Waals surface area contributed by atoms with Crippen LogP contribution in [-0.4, -0.2) is 22.9 Å². The summed E-state index contributed by atoms with van der Waals surface area (Å²) in [6.45, 7) is 13.7. The second-order valence-corrected chi connectivity index (χ2v) is 8.47. The van der Waals surface area contributed by atoms with Crippen molar-refractivity contribution in [2.75, 3.05) is 6.61 Å². The van der Waals surface area contributed by atoms with E-state index >= 15 is 0 Å². The van der Waals surface area contributed by atoms with Crippen molar-refractivity contribution in [3.63, 3.8) is 0 Å². The zero-order valence-electron chi connectivity index (χ0n) is 14.9. The van der Waals surface area contributed by atoms with Gasteiger partial charge in [-0.3, -0.25) is 0 Å². The predicted molar refractivity (Wildman–Crippen MR) is 90.1 cm³/mol. The molecule has 2 N–H and O–H groups in total. The number of hydrogen-bond donors (Lipinski definition) is 2. The smallest absolute Gasteiger partial charge is 0.0547 e. The van der Waals surface area contributed by atoms with Crippen molar-refractivity contribution in [1.29, 1.82) is 0 Å². The summed E-state index contributed by atoms with van der Waals surface area (Å²) in [6.07, 6.45) is 6.67. The lowest BCUT2D eigenvalue weighted by atomic mass is 9.72. The quantitative estimate of drug-likeness (QED) is 0.704. The number of aliphatic hydroxyl groups is 2. The molecular formula is C19H36O2. The van der Waals surface area contributed by atoms with E-state index < -0.39 is 0 Å². The first-order valence-electron chi connectivity index (χ1n) is 8.61. The summed E-state index contributed by atoms with van der Waals surface area (Å²) in [6, 6.07) is 0. The minimum Gasteiger partial charge on any atom is -0.396 e. The van der Waals surface area contributed by atoms with Gasteiger partial charge in [-0.2, -0.15) is 0 Å². The van der Waals surface area contributed by atoms with Crippen LogP contribution < -0.4 is 0 Å².